The van der Waals surface area contributed by atoms with Gasteiger partial charge in [0.15, 0.2) is 9.84 Å². The van der Waals surface area contributed by atoms with Crippen LogP contribution in [0.4, 0.5) is 0 Å². The average molecular weight is 277 g/mol. The van der Waals surface area contributed by atoms with Crippen LogP contribution in [0.25, 0.3) is 0 Å². The van der Waals surface area contributed by atoms with Gasteiger partial charge in [0, 0.05) is 5.41 Å². The Hall–Kier alpha value is 0.240. The quantitative estimate of drug-likeness (QED) is 0.635. The molecule has 3 rings (SSSR count). The summed E-state index contributed by atoms with van der Waals surface area (Å²) in [5.41, 5.74) is -0.0465. The van der Waals surface area contributed by atoms with E-state index in [0.717, 1.165) is 25.7 Å². The third-order valence-corrected chi connectivity index (χ3v) is 8.86. The molecule has 0 unspecified atom stereocenters. The maximum atomic E-state index is 12.3. The van der Waals surface area contributed by atoms with Gasteiger partial charge in [0.2, 0.25) is 0 Å². The van der Waals surface area contributed by atoms with Gasteiger partial charge in [-0.25, -0.2) is 8.42 Å². The van der Waals surface area contributed by atoms with E-state index in [1.165, 1.54) is 32.1 Å². The van der Waals surface area contributed by atoms with Crippen LogP contribution in [0.2, 0.25) is 0 Å². The van der Waals surface area contributed by atoms with Crippen LogP contribution in [-0.2, 0) is 9.84 Å². The molecule has 17 heavy (non-hydrogen) atoms. The van der Waals surface area contributed by atoms with Gasteiger partial charge in [-0.1, -0.05) is 32.1 Å². The molecule has 4 heteroatoms. The molecule has 2 saturated carbocycles. The lowest BCUT2D eigenvalue weighted by molar-refractivity contribution is 0.0211. The van der Waals surface area contributed by atoms with Gasteiger partial charge in [0.1, 0.15) is 4.71 Å². The molecule has 3 atom stereocenters. The Morgan fingerprint density at radius 1 is 0.882 bits per heavy atom. The smallest absolute Gasteiger partial charge is 0.168 e. The highest BCUT2D eigenvalue weighted by Crippen LogP contribution is 2.66. The molecule has 0 spiro atoms. The van der Waals surface area contributed by atoms with Gasteiger partial charge in [-0.15, -0.1) is 11.6 Å². The van der Waals surface area contributed by atoms with E-state index in [4.69, 9.17) is 11.6 Å². The van der Waals surface area contributed by atoms with Crippen LogP contribution in [0.5, 0.6) is 0 Å². The molecule has 0 aromatic heterocycles. The topological polar surface area (TPSA) is 34.1 Å². The number of hydrogen-bond donors (Lipinski definition) is 0. The zero-order valence-electron chi connectivity index (χ0n) is 10.3. The summed E-state index contributed by atoms with van der Waals surface area (Å²) in [6.45, 7) is 0. The van der Waals surface area contributed by atoms with Crippen LogP contribution < -0.4 is 0 Å². The fourth-order valence-corrected chi connectivity index (χ4v) is 8.12. The van der Waals surface area contributed by atoms with E-state index in [0.29, 0.717) is 5.75 Å². The molecule has 2 aliphatic carbocycles. The summed E-state index contributed by atoms with van der Waals surface area (Å²) >= 11 is 6.42. The standard InChI is InChI=1S/C13H21ClO2S/c14-11-13-8-3-1-2-6-12(13,7-4-5-9-13)10-17(11,15)16/h11H,1-10H2/t11-,12+,13+/m0/s1. The summed E-state index contributed by atoms with van der Waals surface area (Å²) in [5.74, 6) is 0.369. The third-order valence-electron chi connectivity index (χ3n) is 5.59. The molecular weight excluding hydrogens is 256 g/mol. The molecule has 0 aromatic carbocycles. The largest absolute Gasteiger partial charge is 0.227 e. The van der Waals surface area contributed by atoms with Gasteiger partial charge in [-0.2, -0.15) is 0 Å². The summed E-state index contributed by atoms with van der Waals surface area (Å²) in [6.07, 6.45) is 10.3. The van der Waals surface area contributed by atoms with Crippen LogP contribution >= 0.6 is 11.6 Å². The zero-order chi connectivity index (χ0) is 12.1. The van der Waals surface area contributed by atoms with Crippen molar-refractivity contribution in [1.29, 1.82) is 0 Å². The first kappa shape index (κ1) is 12.3. The first-order valence-electron chi connectivity index (χ1n) is 6.88. The van der Waals surface area contributed by atoms with Crippen molar-refractivity contribution in [1.82, 2.24) is 0 Å². The van der Waals surface area contributed by atoms with Gasteiger partial charge in [-0.3, -0.25) is 0 Å². The molecule has 3 aliphatic rings. The summed E-state index contributed by atoms with van der Waals surface area (Å²) in [7, 11) is -3.06. The van der Waals surface area contributed by atoms with E-state index in [1.54, 1.807) is 0 Å². The summed E-state index contributed by atoms with van der Waals surface area (Å²) in [4.78, 5) is 0. The van der Waals surface area contributed by atoms with Crippen molar-refractivity contribution in [2.75, 3.05) is 5.75 Å². The Labute approximate surface area is 109 Å². The maximum Gasteiger partial charge on any atom is 0.168 e. The van der Waals surface area contributed by atoms with Gasteiger partial charge in [-0.05, 0) is 31.1 Å². The lowest BCUT2D eigenvalue weighted by Gasteiger charge is -2.49. The van der Waals surface area contributed by atoms with Crippen molar-refractivity contribution in [3.8, 4) is 0 Å². The number of hydrogen-bond acceptors (Lipinski definition) is 2. The minimum atomic E-state index is -3.06. The van der Waals surface area contributed by atoms with Crippen molar-refractivity contribution in [3.63, 3.8) is 0 Å². The maximum absolute atomic E-state index is 12.3. The number of rotatable bonds is 0. The Kier molecular flexibility index (Phi) is 2.79. The van der Waals surface area contributed by atoms with E-state index in [2.05, 4.69) is 0 Å². The fraction of sp³-hybridized carbons (Fsp3) is 1.00. The van der Waals surface area contributed by atoms with Crippen LogP contribution in [-0.4, -0.2) is 18.9 Å². The third kappa shape index (κ3) is 1.54. The van der Waals surface area contributed by atoms with Crippen molar-refractivity contribution < 1.29 is 8.42 Å². The van der Waals surface area contributed by atoms with Gasteiger partial charge >= 0.3 is 0 Å². The van der Waals surface area contributed by atoms with E-state index in [1.807, 2.05) is 0 Å². The monoisotopic (exact) mass is 276 g/mol. The van der Waals surface area contributed by atoms with Gasteiger partial charge < -0.3 is 0 Å². The van der Waals surface area contributed by atoms with Crippen molar-refractivity contribution in [2.24, 2.45) is 10.8 Å². The molecule has 0 amide bonds. The molecular formula is C13H21ClO2S. The lowest BCUT2D eigenvalue weighted by atomic mass is 9.55. The Bertz CT molecular complexity index is 419. The van der Waals surface area contributed by atoms with Crippen molar-refractivity contribution >= 4 is 21.4 Å². The molecule has 1 heterocycles. The summed E-state index contributed by atoms with van der Waals surface area (Å²) in [6, 6.07) is 0. The number of alkyl halides is 1. The fourth-order valence-electron chi connectivity index (χ4n) is 4.82. The molecule has 1 aliphatic heterocycles. The normalized spacial score (nSPS) is 49.1. The van der Waals surface area contributed by atoms with Crippen LogP contribution in [0, 0.1) is 10.8 Å². The highest BCUT2D eigenvalue weighted by Gasteiger charge is 2.66. The van der Waals surface area contributed by atoms with Gasteiger partial charge in [0.05, 0.1) is 5.75 Å². The molecule has 2 nitrogen and oxygen atoms in total. The number of halogens is 1. The molecule has 0 aromatic rings. The Morgan fingerprint density at radius 3 is 2.12 bits per heavy atom. The Balaban J connectivity index is 2.12. The molecule has 0 N–H and O–H groups in total. The second-order valence-electron chi connectivity index (χ2n) is 6.33. The number of sulfone groups is 1. The predicted octanol–water partition coefficient (Wildman–Crippen LogP) is 3.49. The minimum absolute atomic E-state index is 0.0347. The van der Waals surface area contributed by atoms with E-state index < -0.39 is 14.5 Å². The van der Waals surface area contributed by atoms with Crippen molar-refractivity contribution in [2.45, 2.75) is 62.5 Å². The van der Waals surface area contributed by atoms with E-state index in [-0.39, 0.29) is 10.8 Å². The molecule has 3 fully saturated rings. The molecule has 98 valence electrons. The zero-order valence-corrected chi connectivity index (χ0v) is 11.8. The van der Waals surface area contributed by atoms with E-state index >= 15 is 0 Å². The first-order valence-corrected chi connectivity index (χ1v) is 9.03. The summed E-state index contributed by atoms with van der Waals surface area (Å²) in [5, 5.41) is 0. The second kappa shape index (κ2) is 3.86. The lowest BCUT2D eigenvalue weighted by Crippen LogP contribution is -2.45. The van der Waals surface area contributed by atoms with Crippen LogP contribution in [0.15, 0.2) is 0 Å². The highest BCUT2D eigenvalue weighted by molar-refractivity contribution is 7.93. The van der Waals surface area contributed by atoms with Crippen LogP contribution in [0.1, 0.15) is 57.8 Å². The van der Waals surface area contributed by atoms with Crippen molar-refractivity contribution in [3.05, 3.63) is 0 Å². The summed E-state index contributed by atoms with van der Waals surface area (Å²) < 4.78 is 23.9. The molecule has 0 radical (unpaired) electrons. The van der Waals surface area contributed by atoms with E-state index in [9.17, 15) is 8.42 Å². The molecule has 1 saturated heterocycles. The minimum Gasteiger partial charge on any atom is -0.227 e. The average Bonchev–Trinajstić information content (AvgIpc) is 2.43. The predicted molar refractivity (Wildman–Crippen MR) is 69.8 cm³/mol. The highest BCUT2D eigenvalue weighted by atomic mass is 35.5. The SMILES string of the molecule is O=S1(=O)C[C@]23CCCCC[C@@]2(CCCC3)[C@H]1Cl. The van der Waals surface area contributed by atoms with Gasteiger partial charge in [0.25, 0.3) is 0 Å². The second-order valence-corrected chi connectivity index (χ2v) is 9.11. The van der Waals surface area contributed by atoms with Crippen LogP contribution in [0.3, 0.4) is 0 Å². The molecule has 0 bridgehead atoms. The Morgan fingerprint density at radius 2 is 1.41 bits per heavy atom. The first-order chi connectivity index (χ1) is 8.03.